The van der Waals surface area contributed by atoms with Gasteiger partial charge >= 0.3 is 0 Å². The molecule has 4 rings (SSSR count). The van der Waals surface area contributed by atoms with Crippen molar-refractivity contribution in [3.8, 4) is 11.3 Å². The number of benzene rings is 2. The Kier molecular flexibility index (Phi) is 7.17. The highest BCUT2D eigenvalue weighted by Crippen LogP contribution is 2.29. The Morgan fingerprint density at radius 3 is 2.55 bits per heavy atom. The summed E-state index contributed by atoms with van der Waals surface area (Å²) in [5.41, 5.74) is 4.74. The molecule has 4 aromatic rings. The quantitative estimate of drug-likeness (QED) is 0.339. The predicted octanol–water partition coefficient (Wildman–Crippen LogP) is 5.50. The SMILES string of the molecule is C[C@H](Cc1cccc(CO)c1)Nc1nccc(N(C)c2cc(Cl)nc(-c3ccccc3)c2)n1. The van der Waals surface area contributed by atoms with Gasteiger partial charge in [0.1, 0.15) is 11.0 Å². The van der Waals surface area contributed by atoms with Gasteiger partial charge in [0.25, 0.3) is 0 Å². The topological polar surface area (TPSA) is 74.2 Å². The minimum Gasteiger partial charge on any atom is -0.392 e. The van der Waals surface area contributed by atoms with E-state index in [4.69, 9.17) is 16.6 Å². The Morgan fingerprint density at radius 2 is 1.76 bits per heavy atom. The van der Waals surface area contributed by atoms with Crippen LogP contribution in [-0.2, 0) is 13.0 Å². The molecule has 2 heterocycles. The number of pyridine rings is 1. The number of nitrogens with zero attached hydrogens (tertiary/aromatic N) is 4. The van der Waals surface area contributed by atoms with E-state index in [2.05, 4.69) is 28.3 Å². The monoisotopic (exact) mass is 459 g/mol. The highest BCUT2D eigenvalue weighted by atomic mass is 35.5. The number of hydrogen-bond acceptors (Lipinski definition) is 6. The van der Waals surface area contributed by atoms with Gasteiger partial charge in [-0.15, -0.1) is 0 Å². The molecule has 0 aliphatic carbocycles. The highest BCUT2D eigenvalue weighted by molar-refractivity contribution is 6.29. The normalized spacial score (nSPS) is 11.8. The van der Waals surface area contributed by atoms with Crippen molar-refractivity contribution in [2.75, 3.05) is 17.3 Å². The summed E-state index contributed by atoms with van der Waals surface area (Å²) >= 11 is 6.33. The fourth-order valence-electron chi connectivity index (χ4n) is 3.65. The summed E-state index contributed by atoms with van der Waals surface area (Å²) in [6, 6.07) is 23.7. The van der Waals surface area contributed by atoms with Gasteiger partial charge in [-0.2, -0.15) is 4.98 Å². The van der Waals surface area contributed by atoms with Gasteiger partial charge in [-0.3, -0.25) is 0 Å². The maximum absolute atomic E-state index is 9.35. The zero-order valence-electron chi connectivity index (χ0n) is 18.6. The molecule has 2 N–H and O–H groups in total. The Hall–Kier alpha value is -3.48. The number of aliphatic hydroxyl groups excluding tert-OH is 1. The van der Waals surface area contributed by atoms with Gasteiger partial charge in [-0.1, -0.05) is 66.2 Å². The zero-order chi connectivity index (χ0) is 23.2. The smallest absolute Gasteiger partial charge is 0.224 e. The van der Waals surface area contributed by atoms with Gasteiger partial charge in [-0.25, -0.2) is 9.97 Å². The molecule has 0 spiro atoms. The Bertz CT molecular complexity index is 1220. The number of halogens is 1. The maximum Gasteiger partial charge on any atom is 0.224 e. The lowest BCUT2D eigenvalue weighted by atomic mass is 10.0. The Morgan fingerprint density at radius 1 is 0.970 bits per heavy atom. The fourth-order valence-corrected chi connectivity index (χ4v) is 3.85. The molecule has 6 nitrogen and oxygen atoms in total. The van der Waals surface area contributed by atoms with Crippen molar-refractivity contribution in [1.82, 2.24) is 15.0 Å². The van der Waals surface area contributed by atoms with E-state index in [1.807, 2.05) is 78.7 Å². The van der Waals surface area contributed by atoms with Gasteiger partial charge in [0.2, 0.25) is 5.95 Å². The first-order valence-corrected chi connectivity index (χ1v) is 11.1. The summed E-state index contributed by atoms with van der Waals surface area (Å²) in [5, 5.41) is 13.1. The van der Waals surface area contributed by atoms with Crippen LogP contribution in [0.2, 0.25) is 5.15 Å². The lowest BCUT2D eigenvalue weighted by molar-refractivity contribution is 0.281. The number of hydrogen-bond donors (Lipinski definition) is 2. The largest absolute Gasteiger partial charge is 0.392 e. The molecule has 7 heteroatoms. The van der Waals surface area contributed by atoms with Crippen LogP contribution in [0.15, 0.2) is 79.0 Å². The lowest BCUT2D eigenvalue weighted by Crippen LogP contribution is -2.21. The van der Waals surface area contributed by atoms with E-state index in [1.165, 1.54) is 0 Å². The molecule has 2 aromatic carbocycles. The molecular weight excluding hydrogens is 434 g/mol. The molecule has 33 heavy (non-hydrogen) atoms. The van der Waals surface area contributed by atoms with E-state index in [-0.39, 0.29) is 12.6 Å². The molecule has 2 aromatic heterocycles. The maximum atomic E-state index is 9.35. The molecule has 0 radical (unpaired) electrons. The van der Waals surface area contributed by atoms with E-state index >= 15 is 0 Å². The third kappa shape index (κ3) is 5.86. The summed E-state index contributed by atoms with van der Waals surface area (Å²) < 4.78 is 0. The number of aliphatic hydroxyl groups is 1. The van der Waals surface area contributed by atoms with E-state index < -0.39 is 0 Å². The first-order valence-electron chi connectivity index (χ1n) is 10.8. The van der Waals surface area contributed by atoms with Crippen LogP contribution in [0.25, 0.3) is 11.3 Å². The molecule has 168 valence electrons. The van der Waals surface area contributed by atoms with Crippen molar-refractivity contribution in [1.29, 1.82) is 0 Å². The number of rotatable bonds is 8. The van der Waals surface area contributed by atoms with Crippen molar-refractivity contribution in [3.63, 3.8) is 0 Å². The second-order valence-corrected chi connectivity index (χ2v) is 8.31. The second-order valence-electron chi connectivity index (χ2n) is 7.92. The van der Waals surface area contributed by atoms with Crippen molar-refractivity contribution in [3.05, 3.63) is 95.3 Å². The molecule has 0 fully saturated rings. The first kappa shape index (κ1) is 22.7. The summed E-state index contributed by atoms with van der Waals surface area (Å²) in [6.45, 7) is 2.12. The average Bonchev–Trinajstić information content (AvgIpc) is 2.84. The van der Waals surface area contributed by atoms with E-state index in [9.17, 15) is 5.11 Å². The van der Waals surface area contributed by atoms with E-state index in [1.54, 1.807) is 6.20 Å². The standard InChI is InChI=1S/C26H26ClN5O/c1-18(13-19-7-6-8-20(14-19)17-33)29-26-28-12-11-25(31-26)32(2)22-15-23(30-24(27)16-22)21-9-4-3-5-10-21/h3-12,14-16,18,33H,13,17H2,1-2H3,(H,28,29,31)/t18-/m1/s1. The van der Waals surface area contributed by atoms with Crippen LogP contribution in [0.4, 0.5) is 17.5 Å². The van der Waals surface area contributed by atoms with Gasteiger partial charge in [0.15, 0.2) is 0 Å². The molecule has 0 bridgehead atoms. The summed E-state index contributed by atoms with van der Waals surface area (Å²) in [4.78, 5) is 15.5. The van der Waals surface area contributed by atoms with Crippen LogP contribution >= 0.6 is 11.6 Å². The summed E-state index contributed by atoms with van der Waals surface area (Å²) in [5.74, 6) is 1.29. The molecule has 1 atom stereocenters. The van der Waals surface area contributed by atoms with Crippen molar-refractivity contribution >= 4 is 29.1 Å². The third-order valence-electron chi connectivity index (χ3n) is 5.31. The number of nitrogens with one attached hydrogen (secondary N) is 1. The molecule has 0 saturated heterocycles. The molecule has 0 saturated carbocycles. The summed E-state index contributed by atoms with van der Waals surface area (Å²) in [7, 11) is 1.94. The van der Waals surface area contributed by atoms with Gasteiger partial charge in [0.05, 0.1) is 12.3 Å². The summed E-state index contributed by atoms with van der Waals surface area (Å²) in [6.07, 6.45) is 2.53. The molecular formula is C26H26ClN5O. The predicted molar refractivity (Wildman–Crippen MR) is 134 cm³/mol. The molecule has 0 aliphatic heterocycles. The highest BCUT2D eigenvalue weighted by Gasteiger charge is 2.12. The fraction of sp³-hybridized carbons (Fsp3) is 0.192. The van der Waals surface area contributed by atoms with Crippen LogP contribution < -0.4 is 10.2 Å². The Labute approximate surface area is 198 Å². The number of anilines is 3. The van der Waals surface area contributed by atoms with Gasteiger partial charge in [-0.05, 0) is 42.7 Å². The van der Waals surface area contributed by atoms with Gasteiger partial charge < -0.3 is 15.3 Å². The van der Waals surface area contributed by atoms with Crippen molar-refractivity contribution in [2.24, 2.45) is 0 Å². The van der Waals surface area contributed by atoms with Crippen LogP contribution in [-0.4, -0.2) is 33.1 Å². The van der Waals surface area contributed by atoms with Crippen molar-refractivity contribution < 1.29 is 5.11 Å². The number of aromatic nitrogens is 3. The van der Waals surface area contributed by atoms with E-state index in [0.29, 0.717) is 11.1 Å². The molecule has 0 unspecified atom stereocenters. The minimum absolute atomic E-state index is 0.0398. The van der Waals surface area contributed by atoms with Crippen LogP contribution in [0, 0.1) is 0 Å². The van der Waals surface area contributed by atoms with E-state index in [0.717, 1.165) is 40.3 Å². The first-order chi connectivity index (χ1) is 16.0. The molecule has 0 amide bonds. The lowest BCUT2D eigenvalue weighted by Gasteiger charge is -2.21. The molecule has 0 aliphatic rings. The van der Waals surface area contributed by atoms with Crippen LogP contribution in [0.3, 0.4) is 0 Å². The average molecular weight is 460 g/mol. The second kappa shape index (κ2) is 10.4. The zero-order valence-corrected chi connectivity index (χ0v) is 19.4. The van der Waals surface area contributed by atoms with Crippen LogP contribution in [0.5, 0.6) is 0 Å². The van der Waals surface area contributed by atoms with Crippen LogP contribution in [0.1, 0.15) is 18.1 Å². The van der Waals surface area contributed by atoms with Crippen molar-refractivity contribution in [2.45, 2.75) is 26.0 Å². The Balaban J connectivity index is 1.51. The third-order valence-corrected chi connectivity index (χ3v) is 5.51. The minimum atomic E-state index is 0.0398. The van der Waals surface area contributed by atoms with Gasteiger partial charge in [0, 0.05) is 30.5 Å².